The van der Waals surface area contributed by atoms with Gasteiger partial charge in [-0.15, -0.1) is 0 Å². The van der Waals surface area contributed by atoms with Gasteiger partial charge in [-0.05, 0) is 6.92 Å². The largest absolute Gasteiger partial charge is 0.364 e. The summed E-state index contributed by atoms with van der Waals surface area (Å²) in [7, 11) is 0. The minimum absolute atomic E-state index is 0.00548. The summed E-state index contributed by atoms with van der Waals surface area (Å²) in [6, 6.07) is -0.605. The SMILES string of the molecule is CC=NC(=O)NOCC=C=O. The number of aliphatic imine (C=N–C) groups is 1. The van der Waals surface area contributed by atoms with Gasteiger partial charge in [0.1, 0.15) is 12.5 Å². The number of nitrogens with one attached hydrogen (secondary N) is 1. The van der Waals surface area contributed by atoms with E-state index in [2.05, 4.69) is 9.83 Å². The van der Waals surface area contributed by atoms with Gasteiger partial charge < -0.3 is 0 Å². The van der Waals surface area contributed by atoms with Crippen molar-refractivity contribution in [2.24, 2.45) is 4.99 Å². The molecule has 0 heterocycles. The highest BCUT2D eigenvalue weighted by molar-refractivity contribution is 5.81. The molecule has 0 bridgehead atoms. The molecule has 0 radical (unpaired) electrons. The third-order valence-electron chi connectivity index (χ3n) is 0.656. The molecule has 0 fully saturated rings. The Bertz CT molecular complexity index is 194. The number of carbonyl (C=O) groups is 1. The first kappa shape index (κ1) is 9.55. The summed E-state index contributed by atoms with van der Waals surface area (Å²) < 4.78 is 0. The van der Waals surface area contributed by atoms with Crippen molar-refractivity contribution < 1.29 is 14.4 Å². The second-order valence-corrected chi connectivity index (χ2v) is 1.43. The Kier molecular flexibility index (Phi) is 5.79. The van der Waals surface area contributed by atoms with Crippen LogP contribution in [0, 0.1) is 0 Å². The summed E-state index contributed by atoms with van der Waals surface area (Å²) in [6.07, 6.45) is 2.42. The number of carbonyl (C=O) groups excluding carboxylic acids is 2. The third-order valence-corrected chi connectivity index (χ3v) is 0.656. The molecule has 0 aromatic heterocycles. The Morgan fingerprint density at radius 2 is 2.55 bits per heavy atom. The van der Waals surface area contributed by atoms with Crippen molar-refractivity contribution in [1.29, 1.82) is 0 Å². The van der Waals surface area contributed by atoms with E-state index in [9.17, 15) is 9.59 Å². The van der Waals surface area contributed by atoms with Crippen LogP contribution in [0.3, 0.4) is 0 Å². The molecule has 0 rings (SSSR count). The molecule has 0 saturated heterocycles. The smallest absolute Gasteiger partial charge is 0.267 e. The van der Waals surface area contributed by atoms with E-state index in [1.165, 1.54) is 12.2 Å². The van der Waals surface area contributed by atoms with Crippen LogP contribution in [0.4, 0.5) is 4.79 Å². The Hall–Kier alpha value is -1.45. The summed E-state index contributed by atoms with van der Waals surface area (Å²) in [5, 5.41) is 0. The molecule has 5 nitrogen and oxygen atoms in total. The van der Waals surface area contributed by atoms with Crippen LogP contribution in [0.2, 0.25) is 0 Å². The minimum atomic E-state index is -0.605. The maximum absolute atomic E-state index is 10.5. The molecular formula is C6H8N2O3. The Balaban J connectivity index is 3.38. The highest BCUT2D eigenvalue weighted by Gasteiger charge is 1.91. The standard InChI is InChI=1S/C6H8N2O3/c1-2-7-6(10)8-11-5-3-4-9/h2-3H,5H2,1H3,(H,8,10). The van der Waals surface area contributed by atoms with E-state index < -0.39 is 6.03 Å². The molecule has 0 aliphatic rings. The predicted molar refractivity (Wildman–Crippen MR) is 38.9 cm³/mol. The molecule has 2 amide bonds. The van der Waals surface area contributed by atoms with Crippen LogP contribution in [0.1, 0.15) is 6.92 Å². The van der Waals surface area contributed by atoms with Gasteiger partial charge in [-0.1, -0.05) is 0 Å². The van der Waals surface area contributed by atoms with Gasteiger partial charge in [-0.25, -0.2) is 20.1 Å². The van der Waals surface area contributed by atoms with Gasteiger partial charge >= 0.3 is 6.03 Å². The number of urea groups is 1. The highest BCUT2D eigenvalue weighted by atomic mass is 16.7. The quantitative estimate of drug-likeness (QED) is 0.273. The van der Waals surface area contributed by atoms with Crippen molar-refractivity contribution >= 4 is 18.2 Å². The molecule has 0 atom stereocenters. The molecule has 1 N–H and O–H groups in total. The predicted octanol–water partition coefficient (Wildman–Crippen LogP) is 0.106. The molecule has 0 aliphatic carbocycles. The summed E-state index contributed by atoms with van der Waals surface area (Å²) in [6.45, 7) is 1.60. The van der Waals surface area contributed by atoms with Gasteiger partial charge in [0.15, 0.2) is 0 Å². The summed E-state index contributed by atoms with van der Waals surface area (Å²) >= 11 is 0. The van der Waals surface area contributed by atoms with Gasteiger partial charge in [0.25, 0.3) is 0 Å². The van der Waals surface area contributed by atoms with E-state index in [0.717, 1.165) is 6.08 Å². The van der Waals surface area contributed by atoms with Crippen LogP contribution in [0.25, 0.3) is 0 Å². The lowest BCUT2D eigenvalue weighted by molar-refractivity contribution is 0.0859. The Morgan fingerprint density at radius 1 is 1.82 bits per heavy atom. The Labute approximate surface area is 63.7 Å². The molecular weight excluding hydrogens is 148 g/mol. The third kappa shape index (κ3) is 6.44. The number of hydrogen-bond acceptors (Lipinski definition) is 3. The Morgan fingerprint density at radius 3 is 3.09 bits per heavy atom. The zero-order chi connectivity index (χ0) is 8.53. The molecule has 0 saturated carbocycles. The number of nitrogens with zero attached hydrogens (tertiary/aromatic N) is 1. The van der Waals surface area contributed by atoms with Gasteiger partial charge in [0, 0.05) is 12.3 Å². The lowest BCUT2D eigenvalue weighted by atomic mass is 10.7. The molecule has 5 heteroatoms. The maximum Gasteiger partial charge on any atom is 0.364 e. The van der Waals surface area contributed by atoms with Crippen molar-refractivity contribution in [3.8, 4) is 0 Å². The number of amides is 2. The van der Waals surface area contributed by atoms with Crippen LogP contribution in [-0.2, 0) is 9.63 Å². The van der Waals surface area contributed by atoms with E-state index in [-0.39, 0.29) is 6.61 Å². The average molecular weight is 156 g/mol. The van der Waals surface area contributed by atoms with Gasteiger partial charge in [-0.2, -0.15) is 0 Å². The fraction of sp³-hybridized carbons (Fsp3) is 0.333. The number of rotatable bonds is 3. The van der Waals surface area contributed by atoms with Crippen molar-refractivity contribution in [1.82, 2.24) is 5.48 Å². The zero-order valence-electron chi connectivity index (χ0n) is 6.03. The van der Waals surface area contributed by atoms with E-state index in [1.54, 1.807) is 6.92 Å². The first-order valence-electron chi connectivity index (χ1n) is 2.91. The summed E-state index contributed by atoms with van der Waals surface area (Å²) in [5.74, 6) is 1.48. The first-order valence-corrected chi connectivity index (χ1v) is 2.91. The molecule has 0 aromatic carbocycles. The first-order chi connectivity index (χ1) is 5.31. The van der Waals surface area contributed by atoms with Crippen molar-refractivity contribution in [2.75, 3.05) is 6.61 Å². The minimum Gasteiger partial charge on any atom is -0.267 e. The van der Waals surface area contributed by atoms with Crippen LogP contribution in [-0.4, -0.2) is 24.8 Å². The monoisotopic (exact) mass is 156 g/mol. The normalized spacial score (nSPS) is 9.18. The molecule has 0 aliphatic heterocycles. The van der Waals surface area contributed by atoms with Crippen LogP contribution in [0.15, 0.2) is 11.1 Å². The molecule has 11 heavy (non-hydrogen) atoms. The van der Waals surface area contributed by atoms with E-state index >= 15 is 0 Å². The second-order valence-electron chi connectivity index (χ2n) is 1.43. The van der Waals surface area contributed by atoms with Gasteiger partial charge in [0.2, 0.25) is 0 Å². The molecule has 0 aromatic rings. The van der Waals surface area contributed by atoms with E-state index in [1.807, 2.05) is 5.48 Å². The maximum atomic E-state index is 10.5. The van der Waals surface area contributed by atoms with Crippen LogP contribution < -0.4 is 5.48 Å². The molecule has 0 spiro atoms. The fourth-order valence-corrected chi connectivity index (χ4v) is 0.323. The summed E-state index contributed by atoms with van der Waals surface area (Å²) in [4.78, 5) is 27.8. The molecule has 0 unspecified atom stereocenters. The van der Waals surface area contributed by atoms with Crippen molar-refractivity contribution in [2.45, 2.75) is 6.92 Å². The number of hydroxylamine groups is 1. The van der Waals surface area contributed by atoms with E-state index in [4.69, 9.17) is 0 Å². The topological polar surface area (TPSA) is 67.8 Å². The van der Waals surface area contributed by atoms with Gasteiger partial charge in [0.05, 0.1) is 0 Å². The fourth-order valence-electron chi connectivity index (χ4n) is 0.323. The van der Waals surface area contributed by atoms with Gasteiger partial charge in [-0.3, -0.25) is 4.84 Å². The average Bonchev–Trinajstić information content (AvgIpc) is 1.99. The van der Waals surface area contributed by atoms with Crippen LogP contribution in [0.5, 0.6) is 0 Å². The van der Waals surface area contributed by atoms with Crippen molar-refractivity contribution in [3.63, 3.8) is 0 Å². The lowest BCUT2D eigenvalue weighted by Gasteiger charge is -1.96. The van der Waals surface area contributed by atoms with E-state index in [0.29, 0.717) is 0 Å². The number of hydrogen-bond donors (Lipinski definition) is 1. The zero-order valence-corrected chi connectivity index (χ0v) is 6.03. The lowest BCUT2D eigenvalue weighted by Crippen LogP contribution is -2.20. The van der Waals surface area contributed by atoms with Crippen molar-refractivity contribution in [3.05, 3.63) is 6.08 Å². The molecule has 60 valence electrons. The second kappa shape index (κ2) is 6.67. The summed E-state index contributed by atoms with van der Waals surface area (Å²) in [5.41, 5.74) is 1.97. The highest BCUT2D eigenvalue weighted by Crippen LogP contribution is 1.73. The van der Waals surface area contributed by atoms with Crippen LogP contribution >= 0.6 is 0 Å².